The van der Waals surface area contributed by atoms with Crippen molar-refractivity contribution >= 4 is 23.4 Å². The smallest absolute Gasteiger partial charge is 0.410 e. The molecule has 0 saturated carbocycles. The van der Waals surface area contributed by atoms with Crippen LogP contribution in [0.25, 0.3) is 0 Å². The number of amides is 1. The summed E-state index contributed by atoms with van der Waals surface area (Å²) in [5.41, 5.74) is 1.70. The van der Waals surface area contributed by atoms with Gasteiger partial charge in [-0.1, -0.05) is 0 Å². The number of aliphatic hydroxyl groups excluding tert-OH is 1. The topological polar surface area (TPSA) is 93.5 Å². The number of ether oxygens (including phenoxy) is 1. The van der Waals surface area contributed by atoms with Gasteiger partial charge in [-0.05, 0) is 38.5 Å². The van der Waals surface area contributed by atoms with E-state index in [0.29, 0.717) is 31.7 Å². The van der Waals surface area contributed by atoms with Gasteiger partial charge in [-0.15, -0.1) is 0 Å². The molecule has 3 rings (SSSR count). The minimum Gasteiger partial charge on any atom is -0.478 e. The molecule has 1 aromatic rings. The highest BCUT2D eigenvalue weighted by atomic mass is 16.6. The quantitative estimate of drug-likeness (QED) is 0.811. The van der Waals surface area contributed by atoms with Crippen molar-refractivity contribution in [3.63, 3.8) is 0 Å². The predicted molar refractivity (Wildman–Crippen MR) is 102 cm³/mol. The molecule has 1 amide bonds. The molecule has 8 nitrogen and oxygen atoms in total. The molecule has 1 saturated heterocycles. The summed E-state index contributed by atoms with van der Waals surface area (Å²) >= 11 is 0. The highest BCUT2D eigenvalue weighted by Gasteiger charge is 2.37. The van der Waals surface area contributed by atoms with Crippen LogP contribution in [-0.2, 0) is 11.3 Å². The van der Waals surface area contributed by atoms with Crippen molar-refractivity contribution in [2.24, 2.45) is 0 Å². The van der Waals surface area contributed by atoms with Gasteiger partial charge in [0, 0.05) is 33.2 Å². The highest BCUT2D eigenvalue weighted by molar-refractivity contribution is 5.93. The molecule has 148 valence electrons. The second kappa shape index (κ2) is 6.92. The van der Waals surface area contributed by atoms with Crippen molar-refractivity contribution in [2.45, 2.75) is 39.0 Å². The van der Waals surface area contributed by atoms with Gasteiger partial charge >= 0.3 is 12.1 Å². The molecule has 1 aromatic carbocycles. The average Bonchev–Trinajstić information content (AvgIpc) is 2.58. The zero-order valence-electron chi connectivity index (χ0n) is 16.2. The third kappa shape index (κ3) is 3.80. The van der Waals surface area contributed by atoms with Crippen LogP contribution >= 0.6 is 0 Å². The van der Waals surface area contributed by atoms with E-state index < -0.39 is 11.6 Å². The van der Waals surface area contributed by atoms with E-state index in [9.17, 15) is 19.8 Å². The van der Waals surface area contributed by atoms with E-state index in [0.717, 1.165) is 11.4 Å². The first-order valence-electron chi connectivity index (χ1n) is 9.07. The Kier molecular flexibility index (Phi) is 4.94. The van der Waals surface area contributed by atoms with Crippen molar-refractivity contribution < 1.29 is 24.5 Å². The molecular weight excluding hydrogens is 350 g/mol. The van der Waals surface area contributed by atoms with Crippen molar-refractivity contribution in [3.8, 4) is 0 Å². The lowest BCUT2D eigenvalue weighted by molar-refractivity contribution is 0.0215. The van der Waals surface area contributed by atoms with Crippen LogP contribution in [-0.4, -0.2) is 72.0 Å². The molecule has 8 heteroatoms. The predicted octanol–water partition coefficient (Wildman–Crippen LogP) is 1.75. The fourth-order valence-electron chi connectivity index (χ4n) is 3.72. The lowest BCUT2D eigenvalue weighted by atomic mass is 9.99. The van der Waals surface area contributed by atoms with Crippen LogP contribution in [0.1, 0.15) is 36.7 Å². The minimum absolute atomic E-state index is 0.0750. The number of rotatable bonds is 2. The summed E-state index contributed by atoms with van der Waals surface area (Å²) in [6.45, 7) is 7.58. The molecule has 2 aliphatic heterocycles. The number of nitrogens with zero attached hydrogens (tertiary/aromatic N) is 3. The zero-order valence-corrected chi connectivity index (χ0v) is 16.2. The molecule has 0 aromatic heterocycles. The van der Waals surface area contributed by atoms with Crippen molar-refractivity contribution in [3.05, 3.63) is 23.3 Å². The van der Waals surface area contributed by atoms with E-state index in [4.69, 9.17) is 4.74 Å². The van der Waals surface area contributed by atoms with Crippen LogP contribution in [0.5, 0.6) is 0 Å². The van der Waals surface area contributed by atoms with E-state index in [1.54, 1.807) is 17.0 Å². The van der Waals surface area contributed by atoms with Crippen LogP contribution in [0.3, 0.4) is 0 Å². The summed E-state index contributed by atoms with van der Waals surface area (Å²) in [5, 5.41) is 19.0. The number of piperazine rings is 1. The van der Waals surface area contributed by atoms with Crippen LogP contribution in [0.2, 0.25) is 0 Å². The largest absolute Gasteiger partial charge is 0.478 e. The Balaban J connectivity index is 1.86. The number of fused-ring (bicyclic) bond motifs is 3. The first-order valence-corrected chi connectivity index (χ1v) is 9.07. The fraction of sp³-hybridized carbons (Fsp3) is 0.579. The average molecular weight is 377 g/mol. The van der Waals surface area contributed by atoms with Gasteiger partial charge in [0.25, 0.3) is 0 Å². The van der Waals surface area contributed by atoms with Gasteiger partial charge in [0.1, 0.15) is 5.60 Å². The third-order valence-electron chi connectivity index (χ3n) is 4.94. The maximum absolute atomic E-state index is 12.4. The monoisotopic (exact) mass is 377 g/mol. The van der Waals surface area contributed by atoms with Crippen molar-refractivity contribution in [1.82, 2.24) is 4.90 Å². The standard InChI is InChI=1S/C19H27N3O5/c1-19(2,3)27-18(26)21-5-6-22-13(10-21)9-20(4)15-8-14(17(24)25)12(11-23)7-16(15)22/h7-8,13,23H,5-6,9-11H2,1-4H3,(H,24,25)/t13-/m1/s1. The molecule has 0 bridgehead atoms. The molecule has 0 spiro atoms. The lowest BCUT2D eigenvalue weighted by Crippen LogP contribution is -2.60. The normalized spacial score (nSPS) is 19.4. The number of aliphatic hydroxyl groups is 1. The van der Waals surface area contributed by atoms with Gasteiger partial charge in [0.2, 0.25) is 0 Å². The molecule has 1 fully saturated rings. The van der Waals surface area contributed by atoms with Gasteiger partial charge in [0.05, 0.1) is 29.6 Å². The molecule has 0 radical (unpaired) electrons. The van der Waals surface area contributed by atoms with Gasteiger partial charge in [-0.2, -0.15) is 0 Å². The number of aromatic carboxylic acids is 1. The Labute approximate surface area is 158 Å². The van der Waals surface area contributed by atoms with Gasteiger partial charge < -0.3 is 29.6 Å². The van der Waals surface area contributed by atoms with Crippen molar-refractivity contribution in [2.75, 3.05) is 43.0 Å². The summed E-state index contributed by atoms with van der Waals surface area (Å²) in [5.74, 6) is -1.05. The Morgan fingerprint density at radius 1 is 1.19 bits per heavy atom. The van der Waals surface area contributed by atoms with Crippen molar-refractivity contribution in [1.29, 1.82) is 0 Å². The number of carboxylic acids is 1. The first kappa shape index (κ1) is 19.3. The number of hydrogen-bond acceptors (Lipinski definition) is 6. The summed E-state index contributed by atoms with van der Waals surface area (Å²) in [7, 11) is 1.91. The molecule has 27 heavy (non-hydrogen) atoms. The Morgan fingerprint density at radius 3 is 2.48 bits per heavy atom. The van der Waals surface area contributed by atoms with Gasteiger partial charge in [0.15, 0.2) is 0 Å². The number of carbonyl (C=O) groups is 2. The Hall–Kier alpha value is -2.48. The number of carboxylic acid groups (broad SMARTS) is 1. The van der Waals surface area contributed by atoms with Crippen LogP contribution in [0.15, 0.2) is 12.1 Å². The summed E-state index contributed by atoms with van der Waals surface area (Å²) in [4.78, 5) is 29.8. The van der Waals surface area contributed by atoms with E-state index in [2.05, 4.69) is 4.90 Å². The summed E-state index contributed by atoms with van der Waals surface area (Å²) in [6, 6.07) is 3.45. The maximum atomic E-state index is 12.4. The number of benzene rings is 1. The van der Waals surface area contributed by atoms with E-state index >= 15 is 0 Å². The zero-order chi connectivity index (χ0) is 19.9. The maximum Gasteiger partial charge on any atom is 0.410 e. The van der Waals surface area contributed by atoms with E-state index in [1.165, 1.54) is 0 Å². The Bertz CT molecular complexity index is 758. The second-order valence-electron chi connectivity index (χ2n) is 8.12. The molecule has 2 N–H and O–H groups in total. The molecule has 0 aliphatic carbocycles. The molecule has 2 heterocycles. The second-order valence-corrected chi connectivity index (χ2v) is 8.12. The third-order valence-corrected chi connectivity index (χ3v) is 4.94. The van der Waals surface area contributed by atoms with Crippen LogP contribution < -0.4 is 9.80 Å². The summed E-state index contributed by atoms with van der Waals surface area (Å²) in [6.07, 6.45) is -0.312. The van der Waals surface area contributed by atoms with E-state index in [1.807, 2.05) is 32.7 Å². The fourth-order valence-corrected chi connectivity index (χ4v) is 3.72. The molecule has 1 atom stereocenters. The number of anilines is 2. The van der Waals surface area contributed by atoms with Crippen LogP contribution in [0, 0.1) is 0 Å². The molecule has 0 unspecified atom stereocenters. The highest BCUT2D eigenvalue weighted by Crippen LogP contribution is 2.38. The van der Waals surface area contributed by atoms with E-state index in [-0.39, 0.29) is 24.3 Å². The Morgan fingerprint density at radius 2 is 1.89 bits per heavy atom. The molecule has 2 aliphatic rings. The first-order chi connectivity index (χ1) is 12.6. The lowest BCUT2D eigenvalue weighted by Gasteiger charge is -2.49. The number of hydrogen-bond donors (Lipinski definition) is 2. The SMILES string of the molecule is CN1C[C@@H]2CN(C(=O)OC(C)(C)C)CCN2c2cc(CO)c(C(=O)O)cc21. The van der Waals surface area contributed by atoms with Gasteiger partial charge in [-0.25, -0.2) is 9.59 Å². The van der Waals surface area contributed by atoms with Crippen LogP contribution in [0.4, 0.5) is 16.2 Å². The minimum atomic E-state index is -1.05. The molecular formula is C19H27N3O5. The number of carbonyl (C=O) groups excluding carboxylic acids is 1. The summed E-state index contributed by atoms with van der Waals surface area (Å²) < 4.78 is 5.49. The van der Waals surface area contributed by atoms with Gasteiger partial charge in [-0.3, -0.25) is 0 Å². The number of likely N-dealkylation sites (N-methyl/N-ethyl adjacent to an activating group) is 1.